The molecule has 0 aromatic rings. The lowest BCUT2D eigenvalue weighted by atomic mass is 10.4. The average molecular weight is 215 g/mol. The number of rotatable bonds is 0. The van der Waals surface area contributed by atoms with E-state index in [2.05, 4.69) is 9.98 Å². The van der Waals surface area contributed by atoms with Gasteiger partial charge in [-0.3, -0.25) is 4.99 Å². The molecule has 0 unspecified atom stereocenters. The third-order valence-electron chi connectivity index (χ3n) is 1.72. The van der Waals surface area contributed by atoms with Gasteiger partial charge in [0.25, 0.3) is 0 Å². The Morgan fingerprint density at radius 2 is 1.73 bits per heavy atom. The van der Waals surface area contributed by atoms with Crippen molar-refractivity contribution < 1.29 is 4.74 Å². The monoisotopic (exact) mass is 215 g/mol. The van der Waals surface area contributed by atoms with Crippen molar-refractivity contribution >= 4 is 11.9 Å². The van der Waals surface area contributed by atoms with Crippen molar-refractivity contribution in [2.75, 3.05) is 33.4 Å². The van der Waals surface area contributed by atoms with Gasteiger partial charge in [-0.15, -0.1) is 0 Å². The minimum absolute atomic E-state index is 0.0343. The van der Waals surface area contributed by atoms with Crippen LogP contribution in [0.25, 0.3) is 0 Å². The molecule has 1 aliphatic rings. The zero-order valence-corrected chi connectivity index (χ0v) is 9.73. The van der Waals surface area contributed by atoms with Gasteiger partial charge in [0, 0.05) is 20.1 Å². The molecule has 0 aromatic heterocycles. The Hall–Kier alpha value is -1.30. The van der Waals surface area contributed by atoms with Crippen LogP contribution in [0, 0.1) is 0 Å². The van der Waals surface area contributed by atoms with Gasteiger partial charge >= 0.3 is 0 Å². The molecule has 1 rings (SSSR count). The first-order valence-corrected chi connectivity index (χ1v) is 5.13. The van der Waals surface area contributed by atoms with Crippen LogP contribution < -0.4 is 11.5 Å². The predicted octanol–water partition coefficient (Wildman–Crippen LogP) is -0.396. The minimum atomic E-state index is 0.0343. The highest BCUT2D eigenvalue weighted by molar-refractivity contribution is 5.93. The van der Waals surface area contributed by atoms with Crippen molar-refractivity contribution in [3.05, 3.63) is 0 Å². The maximum Gasteiger partial charge on any atom is 0.223 e. The fourth-order valence-electron chi connectivity index (χ4n) is 1.14. The molecule has 1 fully saturated rings. The first-order chi connectivity index (χ1) is 7.24. The normalized spacial score (nSPS) is 16.5. The Labute approximate surface area is 91.0 Å². The van der Waals surface area contributed by atoms with E-state index in [1.165, 1.54) is 0 Å². The number of aliphatic imine (C=N–C) groups is 2. The van der Waals surface area contributed by atoms with E-state index in [9.17, 15) is 0 Å². The van der Waals surface area contributed by atoms with Crippen molar-refractivity contribution in [1.82, 2.24) is 4.90 Å². The molecule has 0 atom stereocenters. The molecule has 0 radical (unpaired) electrons. The molecule has 15 heavy (non-hydrogen) atoms. The van der Waals surface area contributed by atoms with E-state index in [-0.39, 0.29) is 5.96 Å². The Balaban J connectivity index is 0.000000921. The molecular weight excluding hydrogens is 194 g/mol. The van der Waals surface area contributed by atoms with Gasteiger partial charge in [0.2, 0.25) is 5.96 Å². The zero-order valence-electron chi connectivity index (χ0n) is 9.73. The average Bonchev–Trinajstić information content (AvgIpc) is 2.29. The first-order valence-electron chi connectivity index (χ1n) is 5.13. The van der Waals surface area contributed by atoms with Crippen LogP contribution >= 0.6 is 0 Å². The molecule has 0 aliphatic carbocycles. The SMILES string of the molecule is CC.CN=C(N=C(N)N)N1CCOCC1. The summed E-state index contributed by atoms with van der Waals surface area (Å²) in [5.41, 5.74) is 10.5. The van der Waals surface area contributed by atoms with Gasteiger partial charge in [-0.1, -0.05) is 13.8 Å². The summed E-state index contributed by atoms with van der Waals surface area (Å²) in [6, 6.07) is 0. The summed E-state index contributed by atoms with van der Waals surface area (Å²) in [7, 11) is 1.66. The highest BCUT2D eigenvalue weighted by Gasteiger charge is 2.13. The molecule has 1 saturated heterocycles. The molecular formula is C9H21N5O. The van der Waals surface area contributed by atoms with Crippen molar-refractivity contribution in [2.24, 2.45) is 21.5 Å². The summed E-state index contributed by atoms with van der Waals surface area (Å²) >= 11 is 0. The van der Waals surface area contributed by atoms with E-state index in [0.717, 1.165) is 13.1 Å². The van der Waals surface area contributed by atoms with Crippen LogP contribution in [-0.4, -0.2) is 50.2 Å². The van der Waals surface area contributed by atoms with Crippen LogP contribution in [0.5, 0.6) is 0 Å². The van der Waals surface area contributed by atoms with Crippen LogP contribution in [-0.2, 0) is 4.74 Å². The summed E-state index contributed by atoms with van der Waals surface area (Å²) in [5.74, 6) is 0.607. The maximum absolute atomic E-state index is 5.26. The molecule has 0 saturated carbocycles. The van der Waals surface area contributed by atoms with E-state index in [0.29, 0.717) is 19.2 Å². The van der Waals surface area contributed by atoms with Gasteiger partial charge in [0.15, 0.2) is 5.96 Å². The molecule has 6 heteroatoms. The van der Waals surface area contributed by atoms with Crippen molar-refractivity contribution in [2.45, 2.75) is 13.8 Å². The van der Waals surface area contributed by atoms with Gasteiger partial charge in [0.05, 0.1) is 13.2 Å². The lowest BCUT2D eigenvalue weighted by Gasteiger charge is -2.27. The van der Waals surface area contributed by atoms with Gasteiger partial charge in [0.1, 0.15) is 0 Å². The van der Waals surface area contributed by atoms with Crippen LogP contribution in [0.1, 0.15) is 13.8 Å². The fraction of sp³-hybridized carbons (Fsp3) is 0.778. The number of ether oxygens (including phenoxy) is 1. The number of nitrogens with two attached hydrogens (primary N) is 2. The molecule has 88 valence electrons. The summed E-state index contributed by atoms with van der Waals surface area (Å²) in [6.07, 6.45) is 0. The predicted molar refractivity (Wildman–Crippen MR) is 62.9 cm³/mol. The third kappa shape index (κ3) is 5.21. The summed E-state index contributed by atoms with van der Waals surface area (Å²) in [5, 5.41) is 0. The lowest BCUT2D eigenvalue weighted by Crippen LogP contribution is -2.41. The minimum Gasteiger partial charge on any atom is -0.378 e. The van der Waals surface area contributed by atoms with E-state index in [1.807, 2.05) is 18.7 Å². The topological polar surface area (TPSA) is 89.2 Å². The lowest BCUT2D eigenvalue weighted by molar-refractivity contribution is 0.0675. The smallest absolute Gasteiger partial charge is 0.223 e. The molecule has 1 heterocycles. The molecule has 0 amide bonds. The van der Waals surface area contributed by atoms with Crippen molar-refractivity contribution in [3.8, 4) is 0 Å². The Bertz CT molecular complexity index is 217. The van der Waals surface area contributed by atoms with Gasteiger partial charge in [-0.2, -0.15) is 4.99 Å². The molecule has 0 aromatic carbocycles. The van der Waals surface area contributed by atoms with Crippen molar-refractivity contribution in [3.63, 3.8) is 0 Å². The highest BCUT2D eigenvalue weighted by atomic mass is 16.5. The van der Waals surface area contributed by atoms with E-state index in [1.54, 1.807) is 7.05 Å². The van der Waals surface area contributed by atoms with Crippen molar-refractivity contribution in [1.29, 1.82) is 0 Å². The fourth-order valence-corrected chi connectivity index (χ4v) is 1.14. The van der Waals surface area contributed by atoms with Crippen LogP contribution in [0.4, 0.5) is 0 Å². The number of hydrogen-bond acceptors (Lipinski definition) is 2. The quantitative estimate of drug-likeness (QED) is 0.425. The summed E-state index contributed by atoms with van der Waals surface area (Å²) in [4.78, 5) is 9.89. The molecule has 1 aliphatic heterocycles. The van der Waals surface area contributed by atoms with Gasteiger partial charge < -0.3 is 21.1 Å². The second-order valence-electron chi connectivity index (χ2n) is 2.66. The second kappa shape index (κ2) is 8.05. The molecule has 6 nitrogen and oxygen atoms in total. The highest BCUT2D eigenvalue weighted by Crippen LogP contribution is 1.99. The standard InChI is InChI=1S/C7H15N5O.C2H6/c1-10-7(11-6(8)9)12-2-4-13-5-3-12;1-2/h2-5H2,1H3,(H4,8,9,10,11);1-2H3. The Morgan fingerprint density at radius 1 is 1.20 bits per heavy atom. The maximum atomic E-state index is 5.26. The third-order valence-corrected chi connectivity index (χ3v) is 1.72. The number of guanidine groups is 2. The van der Waals surface area contributed by atoms with Crippen LogP contribution in [0.2, 0.25) is 0 Å². The molecule has 4 N–H and O–H groups in total. The number of nitrogens with zero attached hydrogens (tertiary/aromatic N) is 3. The zero-order chi connectivity index (χ0) is 11.7. The molecule has 0 bridgehead atoms. The number of hydrogen-bond donors (Lipinski definition) is 2. The second-order valence-corrected chi connectivity index (χ2v) is 2.66. The van der Waals surface area contributed by atoms with Crippen LogP contribution in [0.3, 0.4) is 0 Å². The largest absolute Gasteiger partial charge is 0.378 e. The number of morpholine rings is 1. The van der Waals surface area contributed by atoms with Crippen LogP contribution in [0.15, 0.2) is 9.98 Å². The summed E-state index contributed by atoms with van der Waals surface area (Å²) in [6.45, 7) is 6.95. The summed E-state index contributed by atoms with van der Waals surface area (Å²) < 4.78 is 5.19. The van der Waals surface area contributed by atoms with E-state index in [4.69, 9.17) is 16.2 Å². The molecule has 0 spiro atoms. The van der Waals surface area contributed by atoms with Gasteiger partial charge in [-0.05, 0) is 0 Å². The Morgan fingerprint density at radius 3 is 2.13 bits per heavy atom. The van der Waals surface area contributed by atoms with E-state index >= 15 is 0 Å². The Kier molecular flexibility index (Phi) is 7.35. The first kappa shape index (κ1) is 13.7. The van der Waals surface area contributed by atoms with Gasteiger partial charge in [-0.25, -0.2) is 0 Å². The van der Waals surface area contributed by atoms with E-state index < -0.39 is 0 Å².